The first-order valence-corrected chi connectivity index (χ1v) is 5.97. The molecule has 0 atom stereocenters. The van der Waals surface area contributed by atoms with Crippen molar-refractivity contribution in [2.24, 2.45) is 11.1 Å². The Balaban J connectivity index is 2.45. The maximum absolute atomic E-state index is 11.7. The molecule has 0 saturated heterocycles. The molecular formula is C11H20N6O2. The summed E-state index contributed by atoms with van der Waals surface area (Å²) in [6.45, 7) is 4.11. The van der Waals surface area contributed by atoms with Crippen LogP contribution in [0.5, 0.6) is 0 Å². The van der Waals surface area contributed by atoms with Gasteiger partial charge in [-0.1, -0.05) is 5.21 Å². The van der Waals surface area contributed by atoms with Crippen molar-refractivity contribution >= 4 is 11.8 Å². The van der Waals surface area contributed by atoms with E-state index >= 15 is 0 Å². The molecular weight excluding hydrogens is 248 g/mol. The zero-order valence-corrected chi connectivity index (χ0v) is 11.4. The molecule has 1 rings (SSSR count). The summed E-state index contributed by atoms with van der Waals surface area (Å²) in [5.74, 6) is -0.357. The second kappa shape index (κ2) is 6.28. The topological polar surface area (TPSA) is 115 Å². The van der Waals surface area contributed by atoms with Crippen LogP contribution in [0, 0.1) is 5.41 Å². The molecule has 0 fully saturated rings. The van der Waals surface area contributed by atoms with Crippen molar-refractivity contribution in [3.8, 4) is 0 Å². The number of aromatic nitrogens is 3. The van der Waals surface area contributed by atoms with Crippen molar-refractivity contribution in [1.82, 2.24) is 25.6 Å². The van der Waals surface area contributed by atoms with Crippen LogP contribution in [0.15, 0.2) is 6.20 Å². The predicted octanol–water partition coefficient (Wildman–Crippen LogP) is -1.37. The average molecular weight is 268 g/mol. The number of carbonyl (C=O) groups excluding carboxylic acids is 2. The Labute approximate surface area is 111 Å². The predicted molar refractivity (Wildman–Crippen MR) is 68.8 cm³/mol. The summed E-state index contributed by atoms with van der Waals surface area (Å²) in [6.07, 6.45) is 1.61. The number of nitrogens with one attached hydrogen (secondary N) is 2. The summed E-state index contributed by atoms with van der Waals surface area (Å²) in [6, 6.07) is 0. The normalized spacial score (nSPS) is 11.2. The van der Waals surface area contributed by atoms with Gasteiger partial charge in [0.15, 0.2) is 0 Å². The van der Waals surface area contributed by atoms with E-state index in [1.54, 1.807) is 27.1 Å². The Morgan fingerprint density at radius 1 is 1.47 bits per heavy atom. The van der Waals surface area contributed by atoms with E-state index in [1.807, 2.05) is 0 Å². The lowest BCUT2D eigenvalue weighted by atomic mass is 9.92. The molecule has 0 unspecified atom stereocenters. The van der Waals surface area contributed by atoms with E-state index in [4.69, 9.17) is 5.73 Å². The lowest BCUT2D eigenvalue weighted by Crippen LogP contribution is -2.44. The number of nitrogens with two attached hydrogens (primary N) is 1. The molecule has 1 aromatic heterocycles. The van der Waals surface area contributed by atoms with Crippen LogP contribution in [-0.4, -0.2) is 40.4 Å². The minimum atomic E-state index is -0.658. The van der Waals surface area contributed by atoms with Gasteiger partial charge in [0, 0.05) is 20.1 Å². The lowest BCUT2D eigenvalue weighted by Gasteiger charge is -2.22. The Morgan fingerprint density at radius 2 is 2.16 bits per heavy atom. The molecule has 0 aliphatic carbocycles. The molecule has 0 aliphatic rings. The van der Waals surface area contributed by atoms with Gasteiger partial charge < -0.3 is 16.4 Å². The van der Waals surface area contributed by atoms with Gasteiger partial charge in [0.1, 0.15) is 6.54 Å². The van der Waals surface area contributed by atoms with Crippen LogP contribution in [0.3, 0.4) is 0 Å². The minimum Gasteiger partial charge on any atom is -0.359 e. The smallest absolute Gasteiger partial charge is 0.241 e. The fraction of sp³-hybridized carbons (Fsp3) is 0.636. The summed E-state index contributed by atoms with van der Waals surface area (Å²) in [4.78, 5) is 23.2. The molecule has 0 radical (unpaired) electrons. The minimum absolute atomic E-state index is 0.0524. The highest BCUT2D eigenvalue weighted by Gasteiger charge is 2.26. The van der Waals surface area contributed by atoms with E-state index in [9.17, 15) is 9.59 Å². The third-order valence-corrected chi connectivity index (χ3v) is 2.67. The van der Waals surface area contributed by atoms with Crippen LogP contribution >= 0.6 is 0 Å². The molecule has 0 aromatic carbocycles. The SMILES string of the molecule is CNC(=O)C(C)(C)CNC(=O)Cn1cc(CN)nn1. The molecule has 0 saturated carbocycles. The van der Waals surface area contributed by atoms with Crippen molar-refractivity contribution in [2.45, 2.75) is 26.9 Å². The molecule has 0 bridgehead atoms. The summed E-state index contributed by atoms with van der Waals surface area (Å²) in [5, 5.41) is 12.8. The van der Waals surface area contributed by atoms with E-state index in [0.29, 0.717) is 5.69 Å². The Morgan fingerprint density at radius 3 is 2.68 bits per heavy atom. The summed E-state index contributed by atoms with van der Waals surface area (Å²) in [5.41, 5.74) is 5.36. The quantitative estimate of drug-likeness (QED) is 0.588. The first-order valence-electron chi connectivity index (χ1n) is 5.97. The van der Waals surface area contributed by atoms with Crippen LogP contribution in [0.1, 0.15) is 19.5 Å². The number of rotatable bonds is 6. The van der Waals surface area contributed by atoms with Gasteiger partial charge in [-0.25, -0.2) is 4.68 Å². The second-order valence-electron chi connectivity index (χ2n) is 4.85. The highest BCUT2D eigenvalue weighted by Crippen LogP contribution is 2.12. The standard InChI is InChI=1S/C11H20N6O2/c1-11(2,10(19)13-3)7-14-9(18)6-17-5-8(4-12)15-16-17/h5H,4,6-7,12H2,1-3H3,(H,13,19)(H,14,18). The number of carbonyl (C=O) groups is 2. The molecule has 0 spiro atoms. The van der Waals surface area contributed by atoms with Gasteiger partial charge in [-0.3, -0.25) is 9.59 Å². The Kier molecular flexibility index (Phi) is 4.99. The number of hydrogen-bond donors (Lipinski definition) is 3. The van der Waals surface area contributed by atoms with Gasteiger partial charge in [-0.2, -0.15) is 0 Å². The van der Waals surface area contributed by atoms with Gasteiger partial charge in [-0.05, 0) is 13.8 Å². The van der Waals surface area contributed by atoms with E-state index in [0.717, 1.165) is 0 Å². The zero-order chi connectivity index (χ0) is 14.5. The van der Waals surface area contributed by atoms with Crippen LogP contribution in [-0.2, 0) is 22.7 Å². The molecule has 0 aliphatic heterocycles. The van der Waals surface area contributed by atoms with E-state index < -0.39 is 5.41 Å². The van der Waals surface area contributed by atoms with Crippen molar-refractivity contribution in [3.63, 3.8) is 0 Å². The summed E-state index contributed by atoms with van der Waals surface area (Å²) in [7, 11) is 1.57. The van der Waals surface area contributed by atoms with Crippen molar-refractivity contribution in [2.75, 3.05) is 13.6 Å². The van der Waals surface area contributed by atoms with Gasteiger partial charge in [-0.15, -0.1) is 5.10 Å². The maximum Gasteiger partial charge on any atom is 0.241 e. The first kappa shape index (κ1) is 15.1. The van der Waals surface area contributed by atoms with E-state index in [2.05, 4.69) is 20.9 Å². The molecule has 19 heavy (non-hydrogen) atoms. The summed E-state index contributed by atoms with van der Waals surface area (Å²) < 4.78 is 1.41. The third-order valence-electron chi connectivity index (χ3n) is 2.67. The third kappa shape index (κ3) is 4.32. The van der Waals surface area contributed by atoms with Gasteiger partial charge in [0.25, 0.3) is 0 Å². The zero-order valence-electron chi connectivity index (χ0n) is 11.4. The van der Waals surface area contributed by atoms with E-state index in [1.165, 1.54) is 4.68 Å². The Hall–Kier alpha value is -1.96. The number of hydrogen-bond acceptors (Lipinski definition) is 5. The molecule has 1 heterocycles. The van der Waals surface area contributed by atoms with Crippen LogP contribution in [0.2, 0.25) is 0 Å². The summed E-state index contributed by atoms with van der Waals surface area (Å²) >= 11 is 0. The number of amides is 2. The van der Waals surface area contributed by atoms with Gasteiger partial charge >= 0.3 is 0 Å². The molecule has 2 amide bonds. The van der Waals surface area contributed by atoms with Crippen molar-refractivity contribution < 1.29 is 9.59 Å². The van der Waals surface area contributed by atoms with Gasteiger partial charge in [0.2, 0.25) is 11.8 Å². The van der Waals surface area contributed by atoms with Gasteiger partial charge in [0.05, 0.1) is 17.3 Å². The fourth-order valence-electron chi connectivity index (χ4n) is 1.45. The van der Waals surface area contributed by atoms with Crippen LogP contribution in [0.4, 0.5) is 0 Å². The molecule has 4 N–H and O–H groups in total. The van der Waals surface area contributed by atoms with Crippen LogP contribution < -0.4 is 16.4 Å². The first-order chi connectivity index (χ1) is 8.89. The lowest BCUT2D eigenvalue weighted by molar-refractivity contribution is -0.129. The fourth-order valence-corrected chi connectivity index (χ4v) is 1.45. The number of nitrogens with zero attached hydrogens (tertiary/aromatic N) is 3. The maximum atomic E-state index is 11.7. The van der Waals surface area contributed by atoms with Crippen molar-refractivity contribution in [3.05, 3.63) is 11.9 Å². The molecule has 1 aromatic rings. The molecule has 106 valence electrons. The molecule has 8 nitrogen and oxygen atoms in total. The largest absolute Gasteiger partial charge is 0.359 e. The molecule has 8 heteroatoms. The highest BCUT2D eigenvalue weighted by atomic mass is 16.2. The van der Waals surface area contributed by atoms with E-state index in [-0.39, 0.29) is 31.4 Å². The van der Waals surface area contributed by atoms with Crippen molar-refractivity contribution in [1.29, 1.82) is 0 Å². The Bertz CT molecular complexity index is 454. The highest BCUT2D eigenvalue weighted by molar-refractivity contribution is 5.83. The average Bonchev–Trinajstić information content (AvgIpc) is 2.83. The second-order valence-corrected chi connectivity index (χ2v) is 4.85. The monoisotopic (exact) mass is 268 g/mol. The van der Waals surface area contributed by atoms with Crippen LogP contribution in [0.25, 0.3) is 0 Å².